The minimum Gasteiger partial charge on any atom is -0.394 e. The van der Waals surface area contributed by atoms with Gasteiger partial charge in [-0.2, -0.15) is 0 Å². The molecule has 8 heteroatoms. The molecule has 0 aliphatic carbocycles. The second-order valence-corrected chi connectivity index (χ2v) is 5.41. The van der Waals surface area contributed by atoms with E-state index in [0.717, 1.165) is 0 Å². The number of rotatable bonds is 4. The lowest BCUT2D eigenvalue weighted by Gasteiger charge is -2.44. The SMILES string of the molecule is C=CN(C1N=CNC(C)(N)C1N)C1OC(CO)CC1O. The minimum absolute atomic E-state index is 0.144. The van der Waals surface area contributed by atoms with Crippen LogP contribution in [-0.2, 0) is 4.74 Å². The molecular weight excluding hydrogens is 262 g/mol. The third-order valence-electron chi connectivity index (χ3n) is 3.80. The first kappa shape index (κ1) is 15.2. The van der Waals surface area contributed by atoms with Crippen molar-refractivity contribution in [2.45, 2.75) is 49.7 Å². The van der Waals surface area contributed by atoms with E-state index in [2.05, 4.69) is 16.9 Å². The Morgan fingerprint density at radius 3 is 2.95 bits per heavy atom. The Balaban J connectivity index is 2.18. The van der Waals surface area contributed by atoms with E-state index in [1.807, 2.05) is 0 Å². The van der Waals surface area contributed by atoms with Gasteiger partial charge in [0, 0.05) is 6.42 Å². The lowest BCUT2D eigenvalue weighted by Crippen LogP contribution is -2.71. The van der Waals surface area contributed by atoms with Crippen molar-refractivity contribution in [3.8, 4) is 0 Å². The number of nitrogens with one attached hydrogen (secondary N) is 1. The minimum atomic E-state index is -0.826. The van der Waals surface area contributed by atoms with Crippen LogP contribution in [0.2, 0.25) is 0 Å². The Morgan fingerprint density at radius 1 is 1.70 bits per heavy atom. The van der Waals surface area contributed by atoms with Gasteiger partial charge >= 0.3 is 0 Å². The monoisotopic (exact) mass is 285 g/mol. The molecule has 0 saturated carbocycles. The van der Waals surface area contributed by atoms with E-state index in [9.17, 15) is 5.11 Å². The summed E-state index contributed by atoms with van der Waals surface area (Å²) in [5, 5.41) is 22.1. The van der Waals surface area contributed by atoms with Gasteiger partial charge in [0.25, 0.3) is 0 Å². The first-order chi connectivity index (χ1) is 9.40. The lowest BCUT2D eigenvalue weighted by atomic mass is 9.99. The Kier molecular flexibility index (Phi) is 4.31. The van der Waals surface area contributed by atoms with E-state index >= 15 is 0 Å². The molecule has 8 nitrogen and oxygen atoms in total. The summed E-state index contributed by atoms with van der Waals surface area (Å²) in [5.74, 6) is 0. The molecule has 0 amide bonds. The lowest BCUT2D eigenvalue weighted by molar-refractivity contribution is -0.0975. The van der Waals surface area contributed by atoms with E-state index in [1.165, 1.54) is 12.5 Å². The highest BCUT2D eigenvalue weighted by molar-refractivity contribution is 5.57. The van der Waals surface area contributed by atoms with Gasteiger partial charge in [-0.3, -0.25) is 0 Å². The molecule has 114 valence electrons. The van der Waals surface area contributed by atoms with Gasteiger partial charge < -0.3 is 36.6 Å². The van der Waals surface area contributed by atoms with Crippen LogP contribution in [-0.4, -0.2) is 64.4 Å². The van der Waals surface area contributed by atoms with Crippen LogP contribution in [0.4, 0.5) is 0 Å². The summed E-state index contributed by atoms with van der Waals surface area (Å²) in [7, 11) is 0. The molecule has 2 heterocycles. The molecule has 6 unspecified atom stereocenters. The molecular formula is C12H23N5O3. The number of aliphatic hydroxyl groups excluding tert-OH is 2. The summed E-state index contributed by atoms with van der Waals surface area (Å²) in [6.45, 7) is 5.35. The Bertz CT molecular complexity index is 389. The summed E-state index contributed by atoms with van der Waals surface area (Å²) >= 11 is 0. The molecule has 0 spiro atoms. The summed E-state index contributed by atoms with van der Waals surface area (Å²) in [6, 6.07) is -0.519. The zero-order valence-corrected chi connectivity index (χ0v) is 11.5. The number of aliphatic imine (C=N–C) groups is 1. The van der Waals surface area contributed by atoms with Crippen LogP contribution in [0.1, 0.15) is 13.3 Å². The number of nitrogens with two attached hydrogens (primary N) is 2. The Morgan fingerprint density at radius 2 is 2.40 bits per heavy atom. The third kappa shape index (κ3) is 2.65. The molecule has 2 aliphatic rings. The number of nitrogens with zero attached hydrogens (tertiary/aromatic N) is 2. The average Bonchev–Trinajstić information content (AvgIpc) is 2.77. The maximum atomic E-state index is 10.1. The van der Waals surface area contributed by atoms with E-state index < -0.39 is 36.3 Å². The molecule has 0 aromatic carbocycles. The summed E-state index contributed by atoms with van der Waals surface area (Å²) in [4.78, 5) is 5.91. The molecule has 7 N–H and O–H groups in total. The fraction of sp³-hybridized carbons (Fsp3) is 0.750. The second-order valence-electron chi connectivity index (χ2n) is 5.41. The quantitative estimate of drug-likeness (QED) is 0.398. The fourth-order valence-corrected chi connectivity index (χ4v) is 2.49. The van der Waals surface area contributed by atoms with Crippen molar-refractivity contribution in [1.82, 2.24) is 10.2 Å². The van der Waals surface area contributed by atoms with Crippen molar-refractivity contribution in [2.24, 2.45) is 16.5 Å². The predicted molar refractivity (Wildman–Crippen MR) is 74.4 cm³/mol. The molecule has 20 heavy (non-hydrogen) atoms. The summed E-state index contributed by atoms with van der Waals surface area (Å²) in [5.41, 5.74) is 11.4. The van der Waals surface area contributed by atoms with E-state index in [4.69, 9.17) is 21.3 Å². The molecule has 1 saturated heterocycles. The van der Waals surface area contributed by atoms with Gasteiger partial charge in [-0.15, -0.1) is 0 Å². The molecule has 0 radical (unpaired) electrons. The maximum absolute atomic E-state index is 10.1. The van der Waals surface area contributed by atoms with Gasteiger partial charge in [0.1, 0.15) is 17.9 Å². The van der Waals surface area contributed by atoms with Crippen molar-refractivity contribution in [3.63, 3.8) is 0 Å². The standard InChI is InChI=1S/C12H23N5O3/c1-3-17(11-8(19)4-7(5-18)20-11)10-9(13)12(2,14)16-6-15-10/h3,6-11,18-19H,1,4-5,13-14H2,2H3,(H,15,16). The highest BCUT2D eigenvalue weighted by atomic mass is 16.5. The van der Waals surface area contributed by atoms with E-state index in [1.54, 1.807) is 11.8 Å². The van der Waals surface area contributed by atoms with Gasteiger partial charge in [0.05, 0.1) is 25.1 Å². The van der Waals surface area contributed by atoms with Crippen molar-refractivity contribution in [2.75, 3.05) is 6.61 Å². The Labute approximate surface area is 118 Å². The topological polar surface area (TPSA) is 129 Å². The number of ether oxygens (including phenoxy) is 1. The molecule has 2 rings (SSSR count). The number of hydrogen-bond donors (Lipinski definition) is 5. The van der Waals surface area contributed by atoms with Crippen molar-refractivity contribution < 1.29 is 14.9 Å². The molecule has 0 aromatic heterocycles. The highest BCUT2D eigenvalue weighted by Gasteiger charge is 2.44. The molecule has 1 fully saturated rings. The van der Waals surface area contributed by atoms with Crippen molar-refractivity contribution in [1.29, 1.82) is 0 Å². The summed E-state index contributed by atoms with van der Waals surface area (Å²) in [6.07, 6.45) is 1.09. The molecule has 6 atom stereocenters. The van der Waals surface area contributed by atoms with Crippen molar-refractivity contribution in [3.05, 3.63) is 12.8 Å². The summed E-state index contributed by atoms with van der Waals surface area (Å²) < 4.78 is 5.61. The largest absolute Gasteiger partial charge is 0.394 e. The van der Waals surface area contributed by atoms with Crippen molar-refractivity contribution >= 4 is 6.34 Å². The number of hydrogen-bond acceptors (Lipinski definition) is 8. The molecule has 0 bridgehead atoms. The van der Waals surface area contributed by atoms with E-state index in [0.29, 0.717) is 6.42 Å². The van der Waals surface area contributed by atoms with Crippen LogP contribution in [0.25, 0.3) is 0 Å². The highest BCUT2D eigenvalue weighted by Crippen LogP contribution is 2.27. The van der Waals surface area contributed by atoms with Crippen LogP contribution in [0.3, 0.4) is 0 Å². The zero-order chi connectivity index (χ0) is 14.9. The van der Waals surface area contributed by atoms with Gasteiger partial charge in [-0.25, -0.2) is 4.99 Å². The maximum Gasteiger partial charge on any atom is 0.158 e. The molecule has 0 aromatic rings. The van der Waals surface area contributed by atoms with Crippen LogP contribution in [0.15, 0.2) is 17.8 Å². The predicted octanol–water partition coefficient (Wildman–Crippen LogP) is -2.14. The number of aliphatic hydroxyl groups is 2. The normalized spacial score (nSPS) is 44.1. The smallest absolute Gasteiger partial charge is 0.158 e. The van der Waals surface area contributed by atoms with Crippen LogP contribution in [0.5, 0.6) is 0 Å². The first-order valence-electron chi connectivity index (χ1n) is 6.59. The van der Waals surface area contributed by atoms with E-state index in [-0.39, 0.29) is 6.61 Å². The van der Waals surface area contributed by atoms with Gasteiger partial charge in [-0.05, 0) is 13.1 Å². The van der Waals surface area contributed by atoms with Gasteiger partial charge in [-0.1, -0.05) is 6.58 Å². The first-order valence-corrected chi connectivity index (χ1v) is 6.59. The molecule has 2 aliphatic heterocycles. The van der Waals surface area contributed by atoms with Crippen LogP contribution < -0.4 is 16.8 Å². The zero-order valence-electron chi connectivity index (χ0n) is 11.5. The van der Waals surface area contributed by atoms with Crippen LogP contribution >= 0.6 is 0 Å². The second kappa shape index (κ2) is 5.66. The average molecular weight is 285 g/mol. The Hall–Kier alpha value is -1.19. The van der Waals surface area contributed by atoms with Gasteiger partial charge in [0.2, 0.25) is 0 Å². The fourth-order valence-electron chi connectivity index (χ4n) is 2.49. The van der Waals surface area contributed by atoms with Crippen LogP contribution in [0, 0.1) is 0 Å². The third-order valence-corrected chi connectivity index (χ3v) is 3.80. The van der Waals surface area contributed by atoms with Gasteiger partial charge in [0.15, 0.2) is 6.23 Å².